The third kappa shape index (κ3) is 2.54. The number of aromatic nitrogens is 1. The number of H-pyrrole nitrogens is 1. The Balaban J connectivity index is 1.92. The number of halogens is 2. The van der Waals surface area contributed by atoms with Crippen LogP contribution in [0.2, 0.25) is 10.0 Å². The number of aromatic hydroxyl groups is 1. The second-order valence-electron chi connectivity index (χ2n) is 6.28. The molecule has 0 atom stereocenters. The van der Waals surface area contributed by atoms with Crippen molar-refractivity contribution in [2.75, 3.05) is 0 Å². The van der Waals surface area contributed by atoms with E-state index in [1.807, 2.05) is 26.0 Å². The maximum Gasteiger partial charge on any atom is 0.280 e. The van der Waals surface area contributed by atoms with E-state index in [1.165, 1.54) is 0 Å². The van der Waals surface area contributed by atoms with Crippen LogP contribution in [0.5, 0.6) is 5.88 Å². The molecule has 4 rings (SSSR count). The van der Waals surface area contributed by atoms with Crippen molar-refractivity contribution in [3.63, 3.8) is 0 Å². The highest BCUT2D eigenvalue weighted by Crippen LogP contribution is 2.39. The van der Waals surface area contributed by atoms with Crippen LogP contribution >= 0.6 is 23.2 Å². The van der Waals surface area contributed by atoms with Gasteiger partial charge in [-0.25, -0.2) is 4.99 Å². The Morgan fingerprint density at radius 3 is 2.08 bits per heavy atom. The third-order valence-electron chi connectivity index (χ3n) is 4.55. The third-order valence-corrected chi connectivity index (χ3v) is 5.02. The summed E-state index contributed by atoms with van der Waals surface area (Å²) in [6.45, 7) is 3.79. The van der Waals surface area contributed by atoms with Gasteiger partial charge in [0, 0.05) is 21.2 Å². The summed E-state index contributed by atoms with van der Waals surface area (Å²) in [4.78, 5) is 19.8. The van der Waals surface area contributed by atoms with E-state index >= 15 is 0 Å². The fourth-order valence-electron chi connectivity index (χ4n) is 3.34. The molecule has 6 heteroatoms. The number of aryl methyl sites for hydroxylation is 2. The van der Waals surface area contributed by atoms with Crippen LogP contribution in [0.25, 0.3) is 11.3 Å². The summed E-state index contributed by atoms with van der Waals surface area (Å²) in [7, 11) is 0. The van der Waals surface area contributed by atoms with Gasteiger partial charge in [0.1, 0.15) is 0 Å². The normalized spacial score (nSPS) is 13.1. The molecular formula is C20H14Cl2N2O2. The van der Waals surface area contributed by atoms with Gasteiger partial charge in [-0.3, -0.25) is 4.79 Å². The predicted molar refractivity (Wildman–Crippen MR) is 104 cm³/mol. The Morgan fingerprint density at radius 1 is 0.923 bits per heavy atom. The minimum atomic E-state index is -0.384. The average Bonchev–Trinajstić information content (AvgIpc) is 3.07. The van der Waals surface area contributed by atoms with Gasteiger partial charge in [0.15, 0.2) is 5.88 Å². The van der Waals surface area contributed by atoms with Gasteiger partial charge < -0.3 is 10.1 Å². The lowest BCUT2D eigenvalue weighted by molar-refractivity contribution is 0.101. The first-order valence-corrected chi connectivity index (χ1v) is 8.73. The summed E-state index contributed by atoms with van der Waals surface area (Å²) in [6.07, 6.45) is 0. The van der Waals surface area contributed by atoms with Crippen LogP contribution in [0.1, 0.15) is 32.6 Å². The fourth-order valence-corrected chi connectivity index (χ4v) is 3.80. The highest BCUT2D eigenvalue weighted by Gasteiger charge is 2.34. The van der Waals surface area contributed by atoms with Gasteiger partial charge >= 0.3 is 0 Å². The van der Waals surface area contributed by atoms with Gasteiger partial charge in [-0.1, -0.05) is 35.3 Å². The van der Waals surface area contributed by atoms with E-state index in [9.17, 15) is 9.90 Å². The molecule has 0 bridgehead atoms. The van der Waals surface area contributed by atoms with E-state index in [2.05, 4.69) is 9.98 Å². The largest absolute Gasteiger partial charge is 0.494 e. The highest BCUT2D eigenvalue weighted by atomic mass is 35.5. The number of carbonyl (C=O) groups excluding carboxylic acids is 1. The van der Waals surface area contributed by atoms with Crippen molar-refractivity contribution in [1.82, 2.24) is 4.98 Å². The van der Waals surface area contributed by atoms with Gasteiger partial charge in [-0.15, -0.1) is 0 Å². The lowest BCUT2D eigenvalue weighted by Crippen LogP contribution is -2.02. The van der Waals surface area contributed by atoms with Crippen LogP contribution in [-0.4, -0.2) is 21.7 Å². The fraction of sp³-hybridized carbons (Fsp3) is 0.100. The Morgan fingerprint density at radius 2 is 1.50 bits per heavy atom. The molecule has 0 fully saturated rings. The molecule has 0 unspecified atom stereocenters. The molecule has 0 radical (unpaired) electrons. The molecule has 1 aliphatic heterocycles. The molecule has 26 heavy (non-hydrogen) atoms. The van der Waals surface area contributed by atoms with E-state index in [-0.39, 0.29) is 11.8 Å². The van der Waals surface area contributed by atoms with Crippen LogP contribution in [-0.2, 0) is 0 Å². The molecule has 130 valence electrons. The van der Waals surface area contributed by atoms with Crippen LogP contribution in [0.4, 0.5) is 0 Å². The lowest BCUT2D eigenvalue weighted by Gasteiger charge is -2.06. The summed E-state index contributed by atoms with van der Waals surface area (Å²) in [6, 6.07) is 10.7. The van der Waals surface area contributed by atoms with Crippen LogP contribution in [0.3, 0.4) is 0 Å². The second kappa shape index (κ2) is 6.01. The molecular weight excluding hydrogens is 371 g/mol. The zero-order valence-electron chi connectivity index (χ0n) is 14.0. The van der Waals surface area contributed by atoms with Gasteiger partial charge in [0.2, 0.25) is 0 Å². The Labute approximate surface area is 160 Å². The van der Waals surface area contributed by atoms with Crippen LogP contribution in [0.15, 0.2) is 41.4 Å². The molecule has 1 aromatic heterocycles. The monoisotopic (exact) mass is 384 g/mol. The maximum atomic E-state index is 12.6. The minimum Gasteiger partial charge on any atom is -0.494 e. The number of aliphatic imine (C=N–C) groups is 1. The number of nitrogens with zero attached hydrogens (tertiary/aromatic N) is 1. The molecule has 0 aliphatic carbocycles. The SMILES string of the molecule is Cc1cc(Cl)ccc1C1=NC(=O)c2c(-c3ccc(Cl)cc3C)[nH]c(O)c21. The number of aromatic amines is 1. The number of benzene rings is 2. The number of fused-ring (bicyclic) bond motifs is 1. The summed E-state index contributed by atoms with van der Waals surface area (Å²) in [5.41, 5.74) is 5.11. The average molecular weight is 385 g/mol. The molecule has 0 saturated carbocycles. The van der Waals surface area contributed by atoms with Gasteiger partial charge in [0.05, 0.1) is 22.5 Å². The topological polar surface area (TPSA) is 65.5 Å². The number of nitrogens with one attached hydrogen (secondary N) is 1. The van der Waals surface area contributed by atoms with Crippen LogP contribution in [0, 0.1) is 13.8 Å². The predicted octanol–water partition coefficient (Wildman–Crippen LogP) is 5.30. The number of hydrogen-bond donors (Lipinski definition) is 2. The molecule has 2 aromatic carbocycles. The number of carbonyl (C=O) groups is 1. The lowest BCUT2D eigenvalue weighted by atomic mass is 9.96. The van der Waals surface area contributed by atoms with Crippen molar-refractivity contribution < 1.29 is 9.90 Å². The first kappa shape index (κ1) is 16.9. The molecule has 1 amide bonds. The van der Waals surface area contributed by atoms with Crippen molar-refractivity contribution in [3.05, 3.63) is 74.3 Å². The number of rotatable bonds is 2. The quantitative estimate of drug-likeness (QED) is 0.629. The van der Waals surface area contributed by atoms with E-state index in [0.29, 0.717) is 32.6 Å². The first-order chi connectivity index (χ1) is 12.4. The Kier molecular flexibility index (Phi) is 3.90. The molecule has 2 heterocycles. The van der Waals surface area contributed by atoms with Gasteiger partial charge in [-0.05, 0) is 49.2 Å². The zero-order valence-corrected chi connectivity index (χ0v) is 15.5. The van der Waals surface area contributed by atoms with Crippen molar-refractivity contribution in [2.24, 2.45) is 4.99 Å². The van der Waals surface area contributed by atoms with E-state index in [4.69, 9.17) is 23.2 Å². The number of hydrogen-bond acceptors (Lipinski definition) is 2. The summed E-state index contributed by atoms with van der Waals surface area (Å²) >= 11 is 12.1. The first-order valence-electron chi connectivity index (χ1n) is 7.98. The van der Waals surface area contributed by atoms with Crippen molar-refractivity contribution in [3.8, 4) is 17.1 Å². The maximum absolute atomic E-state index is 12.6. The number of amides is 1. The Bertz CT molecular complexity index is 1110. The molecule has 0 spiro atoms. The smallest absolute Gasteiger partial charge is 0.280 e. The van der Waals surface area contributed by atoms with Crippen molar-refractivity contribution >= 4 is 34.8 Å². The zero-order chi connectivity index (χ0) is 18.6. The van der Waals surface area contributed by atoms with Crippen LogP contribution < -0.4 is 0 Å². The summed E-state index contributed by atoms with van der Waals surface area (Å²) in [5, 5.41) is 11.7. The van der Waals surface area contributed by atoms with E-state index in [0.717, 1.165) is 22.3 Å². The van der Waals surface area contributed by atoms with Crippen molar-refractivity contribution in [1.29, 1.82) is 0 Å². The standard InChI is InChI=1S/C20H14Cl2N2O2/c1-9-7-11(21)3-5-13(9)17-15-16(20(26)23-17)18(24-19(15)25)14-6-4-12(22)8-10(14)2/h3-8,23,26H,1-2H3. The van der Waals surface area contributed by atoms with Crippen molar-refractivity contribution in [2.45, 2.75) is 13.8 Å². The minimum absolute atomic E-state index is 0.0803. The summed E-state index contributed by atoms with van der Waals surface area (Å²) in [5.74, 6) is -0.464. The van der Waals surface area contributed by atoms with Gasteiger partial charge in [-0.2, -0.15) is 0 Å². The van der Waals surface area contributed by atoms with E-state index in [1.54, 1.807) is 24.3 Å². The Hall–Kier alpha value is -2.56. The van der Waals surface area contributed by atoms with Gasteiger partial charge in [0.25, 0.3) is 5.91 Å². The van der Waals surface area contributed by atoms with E-state index < -0.39 is 0 Å². The molecule has 2 N–H and O–H groups in total. The molecule has 1 aliphatic rings. The summed E-state index contributed by atoms with van der Waals surface area (Å²) < 4.78 is 0. The molecule has 4 nitrogen and oxygen atoms in total. The second-order valence-corrected chi connectivity index (χ2v) is 7.16. The molecule has 3 aromatic rings. The molecule has 0 saturated heterocycles. The highest BCUT2D eigenvalue weighted by molar-refractivity contribution is 6.33.